The van der Waals surface area contributed by atoms with Crippen LogP contribution in [-0.2, 0) is 4.79 Å². The summed E-state index contributed by atoms with van der Waals surface area (Å²) in [5.74, 6) is -0.00635. The van der Waals surface area contributed by atoms with E-state index in [0.717, 1.165) is 0 Å². The fraction of sp³-hybridized carbons (Fsp3) is 0.182. The normalized spacial score (nSPS) is 8.88. The zero-order valence-corrected chi connectivity index (χ0v) is 9.49. The van der Waals surface area contributed by atoms with Crippen LogP contribution in [0, 0.1) is 22.7 Å². The first kappa shape index (κ1) is 12.8. The third-order valence-corrected chi connectivity index (χ3v) is 2.11. The van der Waals surface area contributed by atoms with Gasteiger partial charge in [-0.1, -0.05) is 11.6 Å². The van der Waals surface area contributed by atoms with Gasteiger partial charge < -0.3 is 10.1 Å². The number of halogens is 1. The summed E-state index contributed by atoms with van der Waals surface area (Å²) in [5.41, 5.74) is 0.341. The summed E-state index contributed by atoms with van der Waals surface area (Å²) >= 11 is 5.78. The van der Waals surface area contributed by atoms with Crippen LogP contribution in [0.15, 0.2) is 18.2 Å². The molecule has 0 heterocycles. The van der Waals surface area contributed by atoms with Gasteiger partial charge in [-0.05, 0) is 12.1 Å². The Morgan fingerprint density at radius 1 is 1.47 bits per heavy atom. The molecule has 0 aliphatic carbocycles. The molecule has 0 radical (unpaired) electrons. The van der Waals surface area contributed by atoms with Crippen molar-refractivity contribution in [1.29, 1.82) is 10.5 Å². The largest absolute Gasteiger partial charge is 0.484 e. The van der Waals surface area contributed by atoms with Crippen LogP contribution in [0.3, 0.4) is 0 Å². The van der Waals surface area contributed by atoms with E-state index in [1.807, 2.05) is 6.07 Å². The zero-order valence-electron chi connectivity index (χ0n) is 8.74. The molecule has 1 rings (SSSR count). The summed E-state index contributed by atoms with van der Waals surface area (Å²) < 4.78 is 5.13. The predicted octanol–water partition coefficient (Wildman–Crippen LogP) is 1.23. The summed E-state index contributed by atoms with van der Waals surface area (Å²) in [6.45, 7) is -0.264. The number of ether oxygens (including phenoxy) is 1. The van der Waals surface area contributed by atoms with Crippen LogP contribution in [0.5, 0.6) is 5.75 Å². The van der Waals surface area contributed by atoms with Crippen LogP contribution in [0.25, 0.3) is 0 Å². The van der Waals surface area contributed by atoms with E-state index in [-0.39, 0.29) is 18.2 Å². The van der Waals surface area contributed by atoms with E-state index in [9.17, 15) is 4.79 Å². The van der Waals surface area contributed by atoms with E-state index in [1.54, 1.807) is 12.1 Å². The lowest BCUT2D eigenvalue weighted by Crippen LogP contribution is -2.29. The highest BCUT2D eigenvalue weighted by Crippen LogP contribution is 2.21. The molecular weight excluding hydrogens is 242 g/mol. The van der Waals surface area contributed by atoms with E-state index in [4.69, 9.17) is 26.9 Å². The molecule has 1 N–H and O–H groups in total. The van der Waals surface area contributed by atoms with Crippen molar-refractivity contribution in [3.63, 3.8) is 0 Å². The second-order valence-electron chi connectivity index (χ2n) is 2.98. The van der Waals surface area contributed by atoms with Crippen LogP contribution in [0.2, 0.25) is 5.02 Å². The highest BCUT2D eigenvalue weighted by atomic mass is 35.5. The second kappa shape index (κ2) is 6.37. The fourth-order valence-electron chi connectivity index (χ4n) is 1.01. The van der Waals surface area contributed by atoms with Gasteiger partial charge in [0.05, 0.1) is 16.7 Å². The van der Waals surface area contributed by atoms with Gasteiger partial charge in [-0.15, -0.1) is 0 Å². The molecule has 1 aromatic carbocycles. The van der Waals surface area contributed by atoms with Gasteiger partial charge in [0.1, 0.15) is 18.4 Å². The van der Waals surface area contributed by atoms with Gasteiger partial charge >= 0.3 is 0 Å². The smallest absolute Gasteiger partial charge is 0.258 e. The summed E-state index contributed by atoms with van der Waals surface area (Å²) in [5, 5.41) is 19.5. The highest BCUT2D eigenvalue weighted by Gasteiger charge is 2.04. The number of benzene rings is 1. The Hall–Kier alpha value is -2.24. The summed E-state index contributed by atoms with van der Waals surface area (Å²) in [6, 6.07) is 8.19. The van der Waals surface area contributed by atoms with Crippen LogP contribution in [-0.4, -0.2) is 19.1 Å². The van der Waals surface area contributed by atoms with Crippen molar-refractivity contribution in [3.8, 4) is 17.9 Å². The zero-order chi connectivity index (χ0) is 12.7. The van der Waals surface area contributed by atoms with Crippen molar-refractivity contribution in [2.75, 3.05) is 13.2 Å². The van der Waals surface area contributed by atoms with Gasteiger partial charge in [-0.3, -0.25) is 4.79 Å². The van der Waals surface area contributed by atoms with Crippen molar-refractivity contribution in [2.45, 2.75) is 0 Å². The molecule has 0 saturated heterocycles. The minimum atomic E-state index is -0.396. The van der Waals surface area contributed by atoms with Gasteiger partial charge in [-0.25, -0.2) is 0 Å². The number of nitrogens with zero attached hydrogens (tertiary/aromatic N) is 2. The number of rotatable bonds is 4. The second-order valence-corrected chi connectivity index (χ2v) is 3.38. The first-order chi connectivity index (χ1) is 8.17. The molecule has 0 atom stereocenters. The Morgan fingerprint density at radius 3 is 2.82 bits per heavy atom. The molecule has 5 nitrogen and oxygen atoms in total. The molecule has 1 amide bonds. The van der Waals surface area contributed by atoms with E-state index < -0.39 is 5.91 Å². The molecule has 0 aliphatic rings. The first-order valence-corrected chi connectivity index (χ1v) is 5.01. The van der Waals surface area contributed by atoms with E-state index in [0.29, 0.717) is 11.3 Å². The number of nitriles is 2. The molecule has 0 unspecified atom stereocenters. The monoisotopic (exact) mass is 249 g/mol. The fourth-order valence-corrected chi connectivity index (χ4v) is 1.23. The van der Waals surface area contributed by atoms with Crippen LogP contribution >= 0.6 is 11.6 Å². The molecule has 86 valence electrons. The maximum atomic E-state index is 11.1. The summed E-state index contributed by atoms with van der Waals surface area (Å²) in [4.78, 5) is 11.1. The minimum Gasteiger partial charge on any atom is -0.484 e. The van der Waals surface area contributed by atoms with Crippen molar-refractivity contribution in [3.05, 3.63) is 28.8 Å². The van der Waals surface area contributed by atoms with Gasteiger partial charge in [0.2, 0.25) is 0 Å². The average Bonchev–Trinajstić information content (AvgIpc) is 2.34. The molecule has 0 spiro atoms. The Balaban J connectivity index is 2.54. The maximum absolute atomic E-state index is 11.1. The van der Waals surface area contributed by atoms with Gasteiger partial charge in [0.15, 0.2) is 6.61 Å². The molecule has 0 bridgehead atoms. The lowest BCUT2D eigenvalue weighted by molar-refractivity contribution is -0.122. The molecule has 17 heavy (non-hydrogen) atoms. The lowest BCUT2D eigenvalue weighted by Gasteiger charge is -2.06. The van der Waals surface area contributed by atoms with Gasteiger partial charge in [0, 0.05) is 6.07 Å². The Kier molecular flexibility index (Phi) is 4.80. The van der Waals surface area contributed by atoms with Crippen molar-refractivity contribution in [1.82, 2.24) is 5.32 Å². The first-order valence-electron chi connectivity index (χ1n) is 4.63. The molecule has 0 fully saturated rings. The Labute approximate surface area is 103 Å². The number of amides is 1. The van der Waals surface area contributed by atoms with Crippen LogP contribution in [0.1, 0.15) is 5.56 Å². The van der Waals surface area contributed by atoms with Crippen LogP contribution in [0.4, 0.5) is 0 Å². The van der Waals surface area contributed by atoms with E-state index in [1.165, 1.54) is 12.1 Å². The lowest BCUT2D eigenvalue weighted by atomic mass is 10.2. The van der Waals surface area contributed by atoms with Gasteiger partial charge in [0.25, 0.3) is 5.91 Å². The number of nitrogens with one attached hydrogen (secondary N) is 1. The highest BCUT2D eigenvalue weighted by molar-refractivity contribution is 6.31. The number of hydrogen-bond acceptors (Lipinski definition) is 4. The van der Waals surface area contributed by atoms with Crippen molar-refractivity contribution < 1.29 is 9.53 Å². The number of hydrogen-bond donors (Lipinski definition) is 1. The summed E-state index contributed by atoms with van der Waals surface area (Å²) in [6.07, 6.45) is 0. The van der Waals surface area contributed by atoms with E-state index in [2.05, 4.69) is 5.32 Å². The predicted molar refractivity (Wildman–Crippen MR) is 60.3 cm³/mol. The molecule has 0 aliphatic heterocycles. The quantitative estimate of drug-likeness (QED) is 0.813. The van der Waals surface area contributed by atoms with Crippen molar-refractivity contribution in [2.24, 2.45) is 0 Å². The van der Waals surface area contributed by atoms with E-state index >= 15 is 0 Å². The Morgan fingerprint density at radius 2 is 2.24 bits per heavy atom. The number of carbonyl (C=O) groups is 1. The Bertz CT molecular complexity index is 502. The maximum Gasteiger partial charge on any atom is 0.258 e. The third-order valence-electron chi connectivity index (χ3n) is 1.80. The molecule has 0 aromatic heterocycles. The standard InChI is InChI=1S/C11H8ClN3O2/c12-10-5-9(2-1-8(10)6-14)17-7-11(16)15-4-3-13/h1-2,5H,4,7H2,(H,15,16). The number of carbonyl (C=O) groups excluding carboxylic acids is 1. The third kappa shape index (κ3) is 4.02. The molecule has 0 saturated carbocycles. The summed E-state index contributed by atoms with van der Waals surface area (Å²) in [7, 11) is 0. The topological polar surface area (TPSA) is 85.9 Å². The van der Waals surface area contributed by atoms with Crippen LogP contribution < -0.4 is 10.1 Å². The minimum absolute atomic E-state index is 0.0592. The molecular formula is C11H8ClN3O2. The SMILES string of the molecule is N#CCNC(=O)COc1ccc(C#N)c(Cl)c1. The molecule has 1 aromatic rings. The average molecular weight is 250 g/mol. The molecule has 6 heteroatoms. The van der Waals surface area contributed by atoms with Crippen molar-refractivity contribution >= 4 is 17.5 Å². The van der Waals surface area contributed by atoms with Gasteiger partial charge in [-0.2, -0.15) is 10.5 Å².